The fourth-order valence-electron chi connectivity index (χ4n) is 4.66. The van der Waals surface area contributed by atoms with Crippen LogP contribution in [0.1, 0.15) is 42.5 Å². The molecule has 0 bridgehead atoms. The average Bonchev–Trinajstić information content (AvgIpc) is 2.88. The Morgan fingerprint density at radius 3 is 2.27 bits per heavy atom. The Hall–Kier alpha value is -2.90. The standard InChI is InChI=1S/C26H32N2O5/c29-24(27-20-26(13-5-2-6-14-26)28-15-17-31-18-16-28)19-32-25(30)21-9-11-23(12-10-21)33-22-7-3-1-4-8-22/h1,3-4,7-12H,2,5-6,13-20H2,(H,27,29). The highest BCUT2D eigenvalue weighted by Crippen LogP contribution is 2.33. The Balaban J connectivity index is 1.25. The van der Waals surface area contributed by atoms with Crippen molar-refractivity contribution in [3.05, 3.63) is 60.2 Å². The maximum atomic E-state index is 12.5. The van der Waals surface area contributed by atoms with Crippen molar-refractivity contribution in [2.24, 2.45) is 0 Å². The van der Waals surface area contributed by atoms with E-state index >= 15 is 0 Å². The smallest absolute Gasteiger partial charge is 0.338 e. The van der Waals surface area contributed by atoms with Gasteiger partial charge in [0.25, 0.3) is 5.91 Å². The van der Waals surface area contributed by atoms with E-state index in [1.807, 2.05) is 30.3 Å². The third kappa shape index (κ3) is 6.33. The van der Waals surface area contributed by atoms with E-state index in [4.69, 9.17) is 14.2 Å². The maximum Gasteiger partial charge on any atom is 0.338 e. The van der Waals surface area contributed by atoms with Crippen molar-refractivity contribution in [1.29, 1.82) is 0 Å². The lowest BCUT2D eigenvalue weighted by molar-refractivity contribution is -0.125. The highest BCUT2D eigenvalue weighted by atomic mass is 16.5. The molecule has 1 amide bonds. The zero-order valence-electron chi connectivity index (χ0n) is 19.0. The van der Waals surface area contributed by atoms with Gasteiger partial charge in [-0.3, -0.25) is 9.69 Å². The van der Waals surface area contributed by atoms with Crippen molar-refractivity contribution in [3.63, 3.8) is 0 Å². The average molecular weight is 453 g/mol. The van der Waals surface area contributed by atoms with E-state index in [1.165, 1.54) is 19.3 Å². The molecule has 2 aliphatic rings. The van der Waals surface area contributed by atoms with Gasteiger partial charge in [-0.05, 0) is 49.2 Å². The molecule has 0 radical (unpaired) electrons. The first-order valence-corrected chi connectivity index (χ1v) is 11.7. The number of rotatable bonds is 8. The number of hydrogen-bond donors (Lipinski definition) is 1. The number of benzene rings is 2. The monoisotopic (exact) mass is 452 g/mol. The number of nitrogens with zero attached hydrogens (tertiary/aromatic N) is 1. The Morgan fingerprint density at radius 2 is 1.58 bits per heavy atom. The molecule has 2 aromatic carbocycles. The SMILES string of the molecule is O=C(COC(=O)c1ccc(Oc2ccccc2)cc1)NCC1(N2CCOCC2)CCCCC1. The van der Waals surface area contributed by atoms with Crippen LogP contribution < -0.4 is 10.1 Å². The van der Waals surface area contributed by atoms with Crippen LogP contribution in [0.3, 0.4) is 0 Å². The lowest BCUT2D eigenvalue weighted by Crippen LogP contribution is -2.59. The molecule has 176 valence electrons. The summed E-state index contributed by atoms with van der Waals surface area (Å²) < 4.78 is 16.5. The van der Waals surface area contributed by atoms with Crippen molar-refractivity contribution in [3.8, 4) is 11.5 Å². The molecule has 0 unspecified atom stereocenters. The number of nitrogens with one attached hydrogen (secondary N) is 1. The minimum atomic E-state index is -0.531. The summed E-state index contributed by atoms with van der Waals surface area (Å²) in [5.74, 6) is 0.538. The largest absolute Gasteiger partial charge is 0.457 e. The summed E-state index contributed by atoms with van der Waals surface area (Å²) in [7, 11) is 0. The summed E-state index contributed by atoms with van der Waals surface area (Å²) in [6.07, 6.45) is 5.74. The van der Waals surface area contributed by atoms with Crippen molar-refractivity contribution >= 4 is 11.9 Å². The Bertz CT molecular complexity index is 904. The molecule has 1 aliphatic heterocycles. The lowest BCUT2D eigenvalue weighted by Gasteiger charge is -2.48. The molecule has 7 nitrogen and oxygen atoms in total. The number of carbonyl (C=O) groups is 2. The molecule has 7 heteroatoms. The summed E-state index contributed by atoms with van der Waals surface area (Å²) in [5, 5.41) is 3.02. The van der Waals surface area contributed by atoms with Crippen LogP contribution in [0, 0.1) is 0 Å². The van der Waals surface area contributed by atoms with Crippen LogP contribution in [0.15, 0.2) is 54.6 Å². The van der Waals surface area contributed by atoms with Gasteiger partial charge in [0.2, 0.25) is 0 Å². The van der Waals surface area contributed by atoms with Crippen LogP contribution in [0.25, 0.3) is 0 Å². The fourth-order valence-corrected chi connectivity index (χ4v) is 4.66. The van der Waals surface area contributed by atoms with Crippen LogP contribution in [-0.2, 0) is 14.3 Å². The molecule has 0 atom stereocenters. The van der Waals surface area contributed by atoms with E-state index in [0.717, 1.165) is 44.9 Å². The number of morpholine rings is 1. The molecule has 2 aromatic rings. The normalized spacial score (nSPS) is 18.3. The van der Waals surface area contributed by atoms with Gasteiger partial charge in [-0.25, -0.2) is 4.79 Å². The highest BCUT2D eigenvalue weighted by molar-refractivity contribution is 5.91. The number of carbonyl (C=O) groups excluding carboxylic acids is 2. The van der Waals surface area contributed by atoms with E-state index in [-0.39, 0.29) is 18.1 Å². The van der Waals surface area contributed by atoms with Crippen LogP contribution in [0.5, 0.6) is 11.5 Å². The van der Waals surface area contributed by atoms with Gasteiger partial charge in [0.05, 0.1) is 18.8 Å². The maximum absolute atomic E-state index is 12.5. The van der Waals surface area contributed by atoms with Gasteiger partial charge in [-0.15, -0.1) is 0 Å². The van der Waals surface area contributed by atoms with Gasteiger partial charge in [-0.1, -0.05) is 37.5 Å². The molecular formula is C26H32N2O5. The van der Waals surface area contributed by atoms with Crippen molar-refractivity contribution in [2.45, 2.75) is 37.6 Å². The van der Waals surface area contributed by atoms with E-state index in [0.29, 0.717) is 17.9 Å². The minimum absolute atomic E-state index is 0.0176. The predicted molar refractivity (Wildman–Crippen MR) is 124 cm³/mol. The molecular weight excluding hydrogens is 420 g/mol. The number of ether oxygens (including phenoxy) is 3. The Labute approximate surface area is 195 Å². The van der Waals surface area contributed by atoms with Gasteiger partial charge in [0.15, 0.2) is 6.61 Å². The van der Waals surface area contributed by atoms with Crippen LogP contribution in [0.4, 0.5) is 0 Å². The van der Waals surface area contributed by atoms with Gasteiger partial charge < -0.3 is 19.5 Å². The van der Waals surface area contributed by atoms with Gasteiger partial charge in [0, 0.05) is 25.2 Å². The van der Waals surface area contributed by atoms with Gasteiger partial charge in [0.1, 0.15) is 11.5 Å². The van der Waals surface area contributed by atoms with Gasteiger partial charge >= 0.3 is 5.97 Å². The first-order chi connectivity index (χ1) is 16.1. The third-order valence-corrected chi connectivity index (χ3v) is 6.48. The zero-order valence-corrected chi connectivity index (χ0v) is 19.0. The van der Waals surface area contributed by atoms with Crippen LogP contribution in [-0.4, -0.2) is 61.8 Å². The first kappa shape index (κ1) is 23.3. The van der Waals surface area contributed by atoms with Crippen LogP contribution in [0.2, 0.25) is 0 Å². The zero-order chi connectivity index (χ0) is 22.9. The second-order valence-electron chi connectivity index (χ2n) is 8.68. The number of esters is 1. The van der Waals surface area contributed by atoms with E-state index in [1.54, 1.807) is 24.3 Å². The third-order valence-electron chi connectivity index (χ3n) is 6.48. The molecule has 1 heterocycles. The number of hydrogen-bond acceptors (Lipinski definition) is 6. The molecule has 33 heavy (non-hydrogen) atoms. The van der Waals surface area contributed by atoms with Gasteiger partial charge in [-0.2, -0.15) is 0 Å². The minimum Gasteiger partial charge on any atom is -0.457 e. The second-order valence-corrected chi connectivity index (χ2v) is 8.68. The van der Waals surface area contributed by atoms with Crippen molar-refractivity contribution in [2.75, 3.05) is 39.5 Å². The van der Waals surface area contributed by atoms with E-state index < -0.39 is 5.97 Å². The predicted octanol–water partition coefficient (Wildman–Crippen LogP) is 3.79. The summed E-state index contributed by atoms with van der Waals surface area (Å²) in [6.45, 7) is 3.56. The summed E-state index contributed by atoms with van der Waals surface area (Å²) >= 11 is 0. The molecule has 4 rings (SSSR count). The Morgan fingerprint density at radius 1 is 0.909 bits per heavy atom. The molecule has 2 fully saturated rings. The topological polar surface area (TPSA) is 77.1 Å². The van der Waals surface area contributed by atoms with E-state index in [2.05, 4.69) is 10.2 Å². The Kier molecular flexibility index (Phi) is 7.96. The van der Waals surface area contributed by atoms with Crippen LogP contribution >= 0.6 is 0 Å². The molecule has 0 aromatic heterocycles. The first-order valence-electron chi connectivity index (χ1n) is 11.7. The fraction of sp³-hybridized carbons (Fsp3) is 0.462. The second kappa shape index (κ2) is 11.3. The summed E-state index contributed by atoms with van der Waals surface area (Å²) in [6, 6.07) is 16.1. The molecule has 1 saturated carbocycles. The quantitative estimate of drug-likeness (QED) is 0.614. The number of para-hydroxylation sites is 1. The van der Waals surface area contributed by atoms with Crippen molar-refractivity contribution in [1.82, 2.24) is 10.2 Å². The van der Waals surface area contributed by atoms with E-state index in [9.17, 15) is 9.59 Å². The lowest BCUT2D eigenvalue weighted by atomic mass is 9.79. The molecule has 0 spiro atoms. The summed E-state index contributed by atoms with van der Waals surface area (Å²) in [4.78, 5) is 27.3. The summed E-state index contributed by atoms with van der Waals surface area (Å²) in [5.41, 5.74) is 0.358. The highest BCUT2D eigenvalue weighted by Gasteiger charge is 2.38. The molecule has 1 saturated heterocycles. The molecule has 1 aliphatic carbocycles. The molecule has 1 N–H and O–H groups in total. The van der Waals surface area contributed by atoms with Crippen molar-refractivity contribution < 1.29 is 23.8 Å². The number of amides is 1.